The maximum Gasteiger partial charge on any atom is 0.255 e. The monoisotopic (exact) mass is 256 g/mol. The molecule has 1 heterocycles. The number of rotatable bonds is 5. The molecule has 1 amide bonds. The molecule has 4 heteroatoms. The number of hydrogen-bond donors (Lipinski definition) is 1. The van der Waals surface area contributed by atoms with Crippen LogP contribution in [0.1, 0.15) is 23.7 Å². The first-order chi connectivity index (χ1) is 9.29. The zero-order valence-electron chi connectivity index (χ0n) is 10.8. The molecule has 1 aromatic carbocycles. The van der Waals surface area contributed by atoms with Crippen molar-refractivity contribution in [3.63, 3.8) is 0 Å². The predicted octanol–water partition coefficient (Wildman–Crippen LogP) is 3.12. The molecule has 2 aromatic rings. The molecule has 98 valence electrons. The van der Waals surface area contributed by atoms with Gasteiger partial charge >= 0.3 is 0 Å². The van der Waals surface area contributed by atoms with Crippen molar-refractivity contribution in [3.05, 3.63) is 54.4 Å². The van der Waals surface area contributed by atoms with Crippen LogP contribution in [0.5, 0.6) is 5.75 Å². The third-order valence-corrected chi connectivity index (χ3v) is 2.51. The SMILES string of the molecule is CCCOc1cccc(NC(=O)c2ccncc2)c1. The highest BCUT2D eigenvalue weighted by molar-refractivity contribution is 6.04. The number of aromatic nitrogens is 1. The Morgan fingerprint density at radius 1 is 1.26 bits per heavy atom. The quantitative estimate of drug-likeness (QED) is 0.894. The van der Waals surface area contributed by atoms with E-state index in [4.69, 9.17) is 4.74 Å². The zero-order valence-corrected chi connectivity index (χ0v) is 10.8. The lowest BCUT2D eigenvalue weighted by Gasteiger charge is -2.08. The van der Waals surface area contributed by atoms with Gasteiger partial charge in [-0.05, 0) is 30.7 Å². The lowest BCUT2D eigenvalue weighted by atomic mass is 10.2. The average Bonchev–Trinajstić information content (AvgIpc) is 2.46. The molecule has 0 bridgehead atoms. The number of pyridine rings is 1. The van der Waals surface area contributed by atoms with Crippen LogP contribution in [0.2, 0.25) is 0 Å². The van der Waals surface area contributed by atoms with Gasteiger partial charge in [0.25, 0.3) is 5.91 Å². The van der Waals surface area contributed by atoms with Crippen molar-refractivity contribution in [2.75, 3.05) is 11.9 Å². The number of hydrogen-bond acceptors (Lipinski definition) is 3. The summed E-state index contributed by atoms with van der Waals surface area (Å²) >= 11 is 0. The lowest BCUT2D eigenvalue weighted by Crippen LogP contribution is -2.11. The topological polar surface area (TPSA) is 51.2 Å². The summed E-state index contributed by atoms with van der Waals surface area (Å²) in [5, 5.41) is 2.83. The molecule has 0 aliphatic rings. The molecule has 19 heavy (non-hydrogen) atoms. The zero-order chi connectivity index (χ0) is 13.5. The number of nitrogens with zero attached hydrogens (tertiary/aromatic N) is 1. The number of carbonyl (C=O) groups is 1. The van der Waals surface area contributed by atoms with E-state index in [1.807, 2.05) is 24.3 Å². The van der Waals surface area contributed by atoms with Crippen molar-refractivity contribution >= 4 is 11.6 Å². The lowest BCUT2D eigenvalue weighted by molar-refractivity contribution is 0.102. The Bertz CT molecular complexity index is 541. The van der Waals surface area contributed by atoms with Crippen molar-refractivity contribution in [2.24, 2.45) is 0 Å². The van der Waals surface area contributed by atoms with Gasteiger partial charge in [0.1, 0.15) is 5.75 Å². The second kappa shape index (κ2) is 6.54. The summed E-state index contributed by atoms with van der Waals surface area (Å²) in [6, 6.07) is 10.7. The molecule has 0 radical (unpaired) electrons. The number of nitrogens with one attached hydrogen (secondary N) is 1. The minimum atomic E-state index is -0.157. The van der Waals surface area contributed by atoms with Crippen molar-refractivity contribution < 1.29 is 9.53 Å². The van der Waals surface area contributed by atoms with Gasteiger partial charge in [0, 0.05) is 29.7 Å². The van der Waals surface area contributed by atoms with Gasteiger partial charge in [0.15, 0.2) is 0 Å². The first-order valence-electron chi connectivity index (χ1n) is 6.24. The van der Waals surface area contributed by atoms with Crippen LogP contribution < -0.4 is 10.1 Å². The summed E-state index contributed by atoms with van der Waals surface area (Å²) in [5.41, 5.74) is 1.30. The van der Waals surface area contributed by atoms with Gasteiger partial charge in [-0.25, -0.2) is 0 Å². The highest BCUT2D eigenvalue weighted by atomic mass is 16.5. The molecule has 2 rings (SSSR count). The van der Waals surface area contributed by atoms with Gasteiger partial charge < -0.3 is 10.1 Å². The van der Waals surface area contributed by atoms with Crippen LogP contribution in [0.15, 0.2) is 48.8 Å². The van der Waals surface area contributed by atoms with Gasteiger partial charge in [-0.1, -0.05) is 13.0 Å². The molecule has 0 aliphatic heterocycles. The summed E-state index contributed by atoms with van der Waals surface area (Å²) in [6.07, 6.45) is 4.14. The molecule has 0 unspecified atom stereocenters. The second-order valence-corrected chi connectivity index (χ2v) is 4.07. The van der Waals surface area contributed by atoms with E-state index in [9.17, 15) is 4.79 Å². The van der Waals surface area contributed by atoms with Gasteiger partial charge in [-0.15, -0.1) is 0 Å². The van der Waals surface area contributed by atoms with E-state index in [2.05, 4.69) is 17.2 Å². The Morgan fingerprint density at radius 2 is 2.05 bits per heavy atom. The summed E-state index contributed by atoms with van der Waals surface area (Å²) in [6.45, 7) is 2.72. The normalized spacial score (nSPS) is 9.95. The Morgan fingerprint density at radius 3 is 2.79 bits per heavy atom. The third kappa shape index (κ3) is 3.81. The van der Waals surface area contributed by atoms with E-state index in [0.717, 1.165) is 17.9 Å². The van der Waals surface area contributed by atoms with Crippen molar-refractivity contribution in [1.29, 1.82) is 0 Å². The number of amides is 1. The fourth-order valence-electron chi connectivity index (χ4n) is 1.59. The molecular weight excluding hydrogens is 240 g/mol. The van der Waals surface area contributed by atoms with Gasteiger partial charge in [0.2, 0.25) is 0 Å². The van der Waals surface area contributed by atoms with E-state index in [0.29, 0.717) is 12.2 Å². The maximum atomic E-state index is 12.0. The van der Waals surface area contributed by atoms with E-state index < -0.39 is 0 Å². The van der Waals surface area contributed by atoms with Crippen molar-refractivity contribution in [1.82, 2.24) is 4.98 Å². The first kappa shape index (κ1) is 13.1. The molecule has 1 aromatic heterocycles. The average molecular weight is 256 g/mol. The largest absolute Gasteiger partial charge is 0.494 e. The minimum absolute atomic E-state index is 0.157. The van der Waals surface area contributed by atoms with Crippen LogP contribution in [-0.2, 0) is 0 Å². The number of ether oxygens (including phenoxy) is 1. The van der Waals surface area contributed by atoms with Gasteiger partial charge in [-0.3, -0.25) is 9.78 Å². The molecule has 1 N–H and O–H groups in total. The van der Waals surface area contributed by atoms with Crippen LogP contribution in [0.25, 0.3) is 0 Å². The Balaban J connectivity index is 2.05. The predicted molar refractivity (Wildman–Crippen MR) is 74.4 cm³/mol. The van der Waals surface area contributed by atoms with E-state index in [1.54, 1.807) is 24.5 Å². The van der Waals surface area contributed by atoms with E-state index >= 15 is 0 Å². The summed E-state index contributed by atoms with van der Waals surface area (Å²) in [7, 11) is 0. The smallest absolute Gasteiger partial charge is 0.255 e. The third-order valence-electron chi connectivity index (χ3n) is 2.51. The van der Waals surface area contributed by atoms with Crippen LogP contribution in [0.4, 0.5) is 5.69 Å². The van der Waals surface area contributed by atoms with E-state index in [1.165, 1.54) is 0 Å². The van der Waals surface area contributed by atoms with Crippen molar-refractivity contribution in [2.45, 2.75) is 13.3 Å². The van der Waals surface area contributed by atoms with Crippen LogP contribution >= 0.6 is 0 Å². The Hall–Kier alpha value is -2.36. The molecule has 0 spiro atoms. The second-order valence-electron chi connectivity index (χ2n) is 4.07. The highest BCUT2D eigenvalue weighted by Gasteiger charge is 2.05. The highest BCUT2D eigenvalue weighted by Crippen LogP contribution is 2.18. The van der Waals surface area contributed by atoms with Crippen molar-refractivity contribution in [3.8, 4) is 5.75 Å². The summed E-state index contributed by atoms with van der Waals surface area (Å²) in [5.74, 6) is 0.601. The standard InChI is InChI=1S/C15H16N2O2/c1-2-10-19-14-5-3-4-13(11-14)17-15(18)12-6-8-16-9-7-12/h3-9,11H,2,10H2,1H3,(H,17,18). The molecule has 4 nitrogen and oxygen atoms in total. The Kier molecular flexibility index (Phi) is 4.50. The fourth-order valence-corrected chi connectivity index (χ4v) is 1.59. The number of benzene rings is 1. The van der Waals surface area contributed by atoms with Gasteiger partial charge in [-0.2, -0.15) is 0 Å². The summed E-state index contributed by atoms with van der Waals surface area (Å²) < 4.78 is 5.52. The molecular formula is C15H16N2O2. The minimum Gasteiger partial charge on any atom is -0.494 e. The first-order valence-corrected chi connectivity index (χ1v) is 6.24. The molecule has 0 atom stereocenters. The Labute approximate surface area is 112 Å². The van der Waals surface area contributed by atoms with Gasteiger partial charge in [0.05, 0.1) is 6.61 Å². The van der Waals surface area contributed by atoms with Crippen LogP contribution in [0.3, 0.4) is 0 Å². The van der Waals surface area contributed by atoms with Crippen LogP contribution in [0, 0.1) is 0 Å². The molecule has 0 aliphatic carbocycles. The van der Waals surface area contributed by atoms with Crippen LogP contribution in [-0.4, -0.2) is 17.5 Å². The number of carbonyl (C=O) groups excluding carboxylic acids is 1. The fraction of sp³-hybridized carbons (Fsp3) is 0.200. The molecule has 0 fully saturated rings. The number of anilines is 1. The maximum absolute atomic E-state index is 12.0. The molecule has 0 saturated carbocycles. The van der Waals surface area contributed by atoms with E-state index in [-0.39, 0.29) is 5.91 Å². The molecule has 0 saturated heterocycles. The summed E-state index contributed by atoms with van der Waals surface area (Å²) in [4.78, 5) is 15.8.